The van der Waals surface area contributed by atoms with Crippen molar-refractivity contribution < 1.29 is 23.5 Å². The molecule has 1 aromatic carbocycles. The number of pyridine rings is 1. The summed E-state index contributed by atoms with van der Waals surface area (Å²) < 4.78 is 26.2. The fourth-order valence-corrected chi connectivity index (χ4v) is 1.69. The summed E-state index contributed by atoms with van der Waals surface area (Å²) in [6, 6.07) is 6.14. The van der Waals surface area contributed by atoms with Gasteiger partial charge in [0.15, 0.2) is 11.6 Å². The molecule has 0 aliphatic heterocycles. The molecule has 108 valence electrons. The van der Waals surface area contributed by atoms with Crippen LogP contribution in [0.5, 0.6) is 0 Å². The van der Waals surface area contributed by atoms with Gasteiger partial charge < -0.3 is 10.4 Å². The molecule has 0 fully saturated rings. The average molecular weight is 292 g/mol. The number of nitrogens with one attached hydrogen (secondary N) is 1. The first kappa shape index (κ1) is 14.6. The molecule has 0 spiro atoms. The molecule has 0 bridgehead atoms. The van der Waals surface area contributed by atoms with Crippen LogP contribution in [0.25, 0.3) is 0 Å². The third-order valence-electron chi connectivity index (χ3n) is 2.63. The number of halogens is 2. The third-order valence-corrected chi connectivity index (χ3v) is 2.63. The maximum Gasteiger partial charge on any atom is 0.337 e. The zero-order valence-corrected chi connectivity index (χ0v) is 10.6. The van der Waals surface area contributed by atoms with Crippen LogP contribution in [0, 0.1) is 11.6 Å². The van der Waals surface area contributed by atoms with Gasteiger partial charge in [-0.15, -0.1) is 0 Å². The fraction of sp³-hybridized carbons (Fsp3) is 0.0714. The van der Waals surface area contributed by atoms with E-state index in [2.05, 4.69) is 10.3 Å². The number of aromatic nitrogens is 1. The number of nitrogens with zero attached hydrogens (tertiary/aromatic N) is 1. The van der Waals surface area contributed by atoms with Gasteiger partial charge in [-0.05, 0) is 18.2 Å². The Labute approximate surface area is 118 Å². The molecule has 1 amide bonds. The predicted molar refractivity (Wildman–Crippen MR) is 69.9 cm³/mol. The number of carboxylic acids is 1. The van der Waals surface area contributed by atoms with E-state index in [1.807, 2.05) is 0 Å². The lowest BCUT2D eigenvalue weighted by Gasteiger charge is -2.09. The largest absolute Gasteiger partial charge is 0.478 e. The molecular formula is C14H10F2N2O3. The van der Waals surface area contributed by atoms with Crippen LogP contribution in [-0.2, 0) is 11.2 Å². The van der Waals surface area contributed by atoms with Gasteiger partial charge in [0.05, 0.1) is 17.7 Å². The molecular weight excluding hydrogens is 282 g/mol. The highest BCUT2D eigenvalue weighted by Gasteiger charge is 2.17. The van der Waals surface area contributed by atoms with Crippen molar-refractivity contribution in [2.45, 2.75) is 6.42 Å². The van der Waals surface area contributed by atoms with Crippen molar-refractivity contribution in [2.24, 2.45) is 0 Å². The van der Waals surface area contributed by atoms with Gasteiger partial charge in [0.2, 0.25) is 5.91 Å². The van der Waals surface area contributed by atoms with Crippen molar-refractivity contribution in [1.82, 2.24) is 4.98 Å². The van der Waals surface area contributed by atoms with Gasteiger partial charge in [-0.3, -0.25) is 9.78 Å². The van der Waals surface area contributed by atoms with Crippen molar-refractivity contribution in [3.8, 4) is 0 Å². The van der Waals surface area contributed by atoms with Gasteiger partial charge in [-0.2, -0.15) is 0 Å². The summed E-state index contributed by atoms with van der Waals surface area (Å²) in [5.41, 5.74) is -0.361. The van der Waals surface area contributed by atoms with Crippen molar-refractivity contribution in [3.05, 3.63) is 59.4 Å². The summed E-state index contributed by atoms with van der Waals surface area (Å²) >= 11 is 0. The highest BCUT2D eigenvalue weighted by Crippen LogP contribution is 2.20. The molecule has 0 radical (unpaired) electrons. The first-order valence-electron chi connectivity index (χ1n) is 5.89. The SMILES string of the molecule is O=C(Cc1ccccn1)Nc1cc(F)c(F)cc1C(=O)O. The van der Waals surface area contributed by atoms with Gasteiger partial charge in [-0.25, -0.2) is 13.6 Å². The Balaban J connectivity index is 2.21. The molecule has 5 nitrogen and oxygen atoms in total. The molecule has 1 aromatic heterocycles. The Morgan fingerprint density at radius 2 is 1.90 bits per heavy atom. The van der Waals surface area contributed by atoms with Gasteiger partial charge in [0.25, 0.3) is 0 Å². The normalized spacial score (nSPS) is 10.2. The van der Waals surface area contributed by atoms with E-state index in [0.29, 0.717) is 17.8 Å². The number of rotatable bonds is 4. The van der Waals surface area contributed by atoms with Crippen LogP contribution in [0.3, 0.4) is 0 Å². The molecule has 2 rings (SSSR count). The molecule has 0 aliphatic rings. The lowest BCUT2D eigenvalue weighted by atomic mass is 10.1. The van der Waals surface area contributed by atoms with Crippen LogP contribution < -0.4 is 5.32 Å². The van der Waals surface area contributed by atoms with Crippen LogP contribution >= 0.6 is 0 Å². The number of carbonyl (C=O) groups excluding carboxylic acids is 1. The maximum absolute atomic E-state index is 13.2. The second-order valence-electron chi connectivity index (χ2n) is 4.16. The van der Waals surface area contributed by atoms with Crippen molar-refractivity contribution >= 4 is 17.6 Å². The first-order chi connectivity index (χ1) is 9.97. The molecule has 0 atom stereocenters. The number of benzene rings is 1. The van der Waals surface area contributed by atoms with E-state index in [1.165, 1.54) is 6.20 Å². The molecule has 0 unspecified atom stereocenters. The van der Waals surface area contributed by atoms with Crippen LogP contribution in [0.15, 0.2) is 36.5 Å². The molecule has 0 saturated heterocycles. The zero-order valence-electron chi connectivity index (χ0n) is 10.6. The molecule has 2 aromatic rings. The Hall–Kier alpha value is -2.83. The summed E-state index contributed by atoms with van der Waals surface area (Å²) in [7, 11) is 0. The Kier molecular flexibility index (Phi) is 4.22. The van der Waals surface area contributed by atoms with E-state index in [1.54, 1.807) is 18.2 Å². The zero-order chi connectivity index (χ0) is 15.4. The number of carboxylic acid groups (broad SMARTS) is 1. The smallest absolute Gasteiger partial charge is 0.337 e. The van der Waals surface area contributed by atoms with E-state index in [4.69, 9.17) is 5.11 Å². The van der Waals surface area contributed by atoms with Gasteiger partial charge in [0.1, 0.15) is 0 Å². The fourth-order valence-electron chi connectivity index (χ4n) is 1.69. The minimum atomic E-state index is -1.47. The van der Waals surface area contributed by atoms with Crippen LogP contribution in [0.1, 0.15) is 16.1 Å². The van der Waals surface area contributed by atoms with E-state index < -0.39 is 29.1 Å². The van der Waals surface area contributed by atoms with E-state index >= 15 is 0 Å². The first-order valence-corrected chi connectivity index (χ1v) is 5.89. The van der Waals surface area contributed by atoms with Crippen LogP contribution in [0.2, 0.25) is 0 Å². The van der Waals surface area contributed by atoms with Crippen molar-refractivity contribution in [3.63, 3.8) is 0 Å². The quantitative estimate of drug-likeness (QED) is 0.905. The average Bonchev–Trinajstić information content (AvgIpc) is 2.43. The van der Waals surface area contributed by atoms with Crippen LogP contribution in [0.4, 0.5) is 14.5 Å². The number of aromatic carboxylic acids is 1. The van der Waals surface area contributed by atoms with E-state index in [0.717, 1.165) is 0 Å². The minimum absolute atomic E-state index is 0.112. The van der Waals surface area contributed by atoms with Gasteiger partial charge in [0, 0.05) is 18.0 Å². The summed E-state index contributed by atoms with van der Waals surface area (Å²) in [6.45, 7) is 0. The summed E-state index contributed by atoms with van der Waals surface area (Å²) in [4.78, 5) is 26.7. The Morgan fingerprint density at radius 1 is 1.19 bits per heavy atom. The van der Waals surface area contributed by atoms with Gasteiger partial charge >= 0.3 is 5.97 Å². The highest BCUT2D eigenvalue weighted by atomic mass is 19.2. The number of anilines is 1. The van der Waals surface area contributed by atoms with E-state index in [9.17, 15) is 18.4 Å². The molecule has 0 aliphatic carbocycles. The Morgan fingerprint density at radius 3 is 2.52 bits per heavy atom. The predicted octanol–water partition coefficient (Wildman–Crippen LogP) is 2.24. The summed E-state index contributed by atoms with van der Waals surface area (Å²) in [5.74, 6) is -4.59. The van der Waals surface area contributed by atoms with E-state index in [-0.39, 0.29) is 12.1 Å². The minimum Gasteiger partial charge on any atom is -0.478 e. The second-order valence-corrected chi connectivity index (χ2v) is 4.16. The molecule has 21 heavy (non-hydrogen) atoms. The lowest BCUT2D eigenvalue weighted by Crippen LogP contribution is -2.18. The number of amides is 1. The molecule has 1 heterocycles. The Bertz CT molecular complexity index is 690. The maximum atomic E-state index is 13.2. The molecule has 2 N–H and O–H groups in total. The van der Waals surface area contributed by atoms with Crippen LogP contribution in [-0.4, -0.2) is 22.0 Å². The highest BCUT2D eigenvalue weighted by molar-refractivity contribution is 6.00. The number of carbonyl (C=O) groups is 2. The standard InChI is InChI=1S/C14H10F2N2O3/c15-10-6-9(14(20)21)12(7-11(10)16)18-13(19)5-8-3-1-2-4-17-8/h1-4,6-7H,5H2,(H,18,19)(H,20,21). The number of hydrogen-bond acceptors (Lipinski definition) is 3. The van der Waals surface area contributed by atoms with Crippen molar-refractivity contribution in [2.75, 3.05) is 5.32 Å². The third kappa shape index (κ3) is 3.59. The number of hydrogen-bond donors (Lipinski definition) is 2. The summed E-state index contributed by atoms with van der Waals surface area (Å²) in [5, 5.41) is 11.2. The second kappa shape index (κ2) is 6.08. The topological polar surface area (TPSA) is 79.3 Å². The van der Waals surface area contributed by atoms with Crippen molar-refractivity contribution in [1.29, 1.82) is 0 Å². The lowest BCUT2D eigenvalue weighted by molar-refractivity contribution is -0.115. The summed E-state index contributed by atoms with van der Waals surface area (Å²) in [6.07, 6.45) is 1.39. The van der Waals surface area contributed by atoms with Gasteiger partial charge in [-0.1, -0.05) is 6.07 Å². The molecule has 7 heteroatoms. The monoisotopic (exact) mass is 292 g/mol. The molecule has 0 saturated carbocycles.